The summed E-state index contributed by atoms with van der Waals surface area (Å²) in [7, 11) is 1.56. The molecular weight excluding hydrogens is 234 g/mol. The fourth-order valence-corrected chi connectivity index (χ4v) is 2.03. The van der Waals surface area contributed by atoms with Gasteiger partial charge in [-0.25, -0.2) is 0 Å². The molecule has 4 N–H and O–H groups in total. The van der Waals surface area contributed by atoms with Crippen LogP contribution in [0.3, 0.4) is 0 Å². The Labute approximate surface area is 106 Å². The minimum absolute atomic E-state index is 0.272. The lowest BCUT2D eigenvalue weighted by molar-refractivity contribution is -0.121. The summed E-state index contributed by atoms with van der Waals surface area (Å²) in [6, 6.07) is 3.53. The number of benzene rings is 1. The van der Waals surface area contributed by atoms with Crippen molar-refractivity contribution in [3.63, 3.8) is 0 Å². The molecule has 0 bridgehead atoms. The number of primary amides is 1. The summed E-state index contributed by atoms with van der Waals surface area (Å²) < 4.78 is 5.12. The lowest BCUT2D eigenvalue weighted by atomic mass is 9.93. The van der Waals surface area contributed by atoms with Crippen LogP contribution in [0.4, 0.5) is 0 Å². The summed E-state index contributed by atoms with van der Waals surface area (Å²) in [5.41, 5.74) is 7.19. The van der Waals surface area contributed by atoms with Crippen molar-refractivity contribution in [3.8, 4) is 5.75 Å². The molecule has 1 aromatic rings. The molecule has 0 aliphatic heterocycles. The predicted octanol–water partition coefficient (Wildman–Crippen LogP) is 0.582. The number of carbonyl (C=O) groups excluding carboxylic acids is 1. The second kappa shape index (κ2) is 5.84. The molecule has 1 amide bonds. The van der Waals surface area contributed by atoms with Crippen LogP contribution in [0.15, 0.2) is 12.1 Å². The van der Waals surface area contributed by atoms with Gasteiger partial charge in [0.1, 0.15) is 11.9 Å². The van der Waals surface area contributed by atoms with Crippen molar-refractivity contribution in [2.75, 3.05) is 7.11 Å². The van der Waals surface area contributed by atoms with Gasteiger partial charge in [-0.15, -0.1) is 0 Å². The Bertz CT molecular complexity index is 422. The van der Waals surface area contributed by atoms with Crippen molar-refractivity contribution in [2.45, 2.75) is 32.5 Å². The molecule has 0 fully saturated rings. The van der Waals surface area contributed by atoms with Crippen LogP contribution in [0.25, 0.3) is 0 Å². The number of hydrogen-bond donors (Lipinski definition) is 3. The Kier molecular flexibility index (Phi) is 4.69. The van der Waals surface area contributed by atoms with E-state index in [1.807, 2.05) is 13.8 Å². The Morgan fingerprint density at radius 2 is 1.83 bits per heavy atom. The molecule has 0 spiro atoms. The van der Waals surface area contributed by atoms with Crippen molar-refractivity contribution in [1.29, 1.82) is 0 Å². The van der Waals surface area contributed by atoms with Gasteiger partial charge in [-0.3, -0.25) is 4.79 Å². The van der Waals surface area contributed by atoms with Gasteiger partial charge in [-0.1, -0.05) is 0 Å². The molecule has 2 atom stereocenters. The maximum atomic E-state index is 10.7. The molecule has 5 heteroatoms. The lowest BCUT2D eigenvalue weighted by Gasteiger charge is -2.21. The number of aliphatic hydroxyl groups is 2. The third kappa shape index (κ3) is 3.21. The van der Waals surface area contributed by atoms with E-state index in [0.29, 0.717) is 11.3 Å². The molecule has 0 saturated carbocycles. The van der Waals surface area contributed by atoms with Crippen molar-refractivity contribution >= 4 is 5.91 Å². The molecule has 18 heavy (non-hydrogen) atoms. The zero-order valence-electron chi connectivity index (χ0n) is 10.8. The number of hydrogen-bond acceptors (Lipinski definition) is 4. The fraction of sp³-hybridized carbons (Fsp3) is 0.462. The van der Waals surface area contributed by atoms with Crippen LogP contribution in [0.5, 0.6) is 5.75 Å². The summed E-state index contributed by atoms with van der Waals surface area (Å²) in [5.74, 6) is 0.0377. The number of aliphatic hydroxyl groups excluding tert-OH is 2. The Balaban J connectivity index is 3.05. The van der Waals surface area contributed by atoms with Crippen molar-refractivity contribution < 1.29 is 19.7 Å². The van der Waals surface area contributed by atoms with E-state index in [1.54, 1.807) is 19.2 Å². The Morgan fingerprint density at radius 1 is 1.33 bits per heavy atom. The van der Waals surface area contributed by atoms with E-state index in [0.717, 1.165) is 11.1 Å². The Hall–Kier alpha value is -1.59. The summed E-state index contributed by atoms with van der Waals surface area (Å²) in [4.78, 5) is 10.7. The average molecular weight is 253 g/mol. The summed E-state index contributed by atoms with van der Waals surface area (Å²) in [6.07, 6.45) is -2.61. The van der Waals surface area contributed by atoms with E-state index in [2.05, 4.69) is 0 Å². The number of methoxy groups -OCH3 is 1. The highest BCUT2D eigenvalue weighted by molar-refractivity contribution is 5.74. The normalized spacial score (nSPS) is 14.1. The van der Waals surface area contributed by atoms with Gasteiger partial charge in [0.15, 0.2) is 0 Å². The standard InChI is InChI=1S/C13H19NO4/c1-7-4-9(18-3)5-8(2)12(7)13(17)10(15)6-11(14)16/h4-5,10,13,15,17H,6H2,1-3H3,(H2,14,16). The first kappa shape index (κ1) is 14.5. The number of nitrogens with two attached hydrogens (primary N) is 1. The summed E-state index contributed by atoms with van der Waals surface area (Å²) >= 11 is 0. The van der Waals surface area contributed by atoms with E-state index in [1.165, 1.54) is 0 Å². The zero-order valence-corrected chi connectivity index (χ0v) is 10.8. The molecule has 1 rings (SSSR count). The highest BCUT2D eigenvalue weighted by Crippen LogP contribution is 2.29. The number of amides is 1. The molecule has 0 heterocycles. The minimum atomic E-state index is -1.20. The van der Waals surface area contributed by atoms with E-state index in [9.17, 15) is 15.0 Å². The third-order valence-electron chi connectivity index (χ3n) is 2.87. The van der Waals surface area contributed by atoms with Gasteiger partial charge in [0.2, 0.25) is 5.91 Å². The quantitative estimate of drug-likeness (QED) is 0.715. The van der Waals surface area contributed by atoms with Gasteiger partial charge in [-0.05, 0) is 42.7 Å². The highest BCUT2D eigenvalue weighted by atomic mass is 16.5. The molecule has 2 unspecified atom stereocenters. The lowest BCUT2D eigenvalue weighted by Crippen LogP contribution is -2.26. The third-order valence-corrected chi connectivity index (χ3v) is 2.87. The summed E-state index contributed by atoms with van der Waals surface area (Å²) in [5, 5.41) is 19.8. The highest BCUT2D eigenvalue weighted by Gasteiger charge is 2.23. The second-order valence-electron chi connectivity index (χ2n) is 4.36. The van der Waals surface area contributed by atoms with Crippen LogP contribution in [0, 0.1) is 13.8 Å². The molecule has 0 aliphatic rings. The monoisotopic (exact) mass is 253 g/mol. The van der Waals surface area contributed by atoms with Gasteiger partial charge < -0.3 is 20.7 Å². The van der Waals surface area contributed by atoms with Gasteiger partial charge in [-0.2, -0.15) is 0 Å². The number of ether oxygens (including phenoxy) is 1. The molecule has 5 nitrogen and oxygen atoms in total. The van der Waals surface area contributed by atoms with Crippen molar-refractivity contribution in [1.82, 2.24) is 0 Å². The smallest absolute Gasteiger partial charge is 0.220 e. The first-order chi connectivity index (χ1) is 8.36. The van der Waals surface area contributed by atoms with E-state index >= 15 is 0 Å². The maximum absolute atomic E-state index is 10.7. The zero-order chi connectivity index (χ0) is 13.9. The number of aryl methyl sites for hydroxylation is 2. The minimum Gasteiger partial charge on any atom is -0.497 e. The maximum Gasteiger partial charge on any atom is 0.220 e. The molecule has 0 radical (unpaired) electrons. The average Bonchev–Trinajstić information content (AvgIpc) is 2.26. The molecular formula is C13H19NO4. The molecule has 1 aromatic carbocycles. The fourth-order valence-electron chi connectivity index (χ4n) is 2.03. The molecule has 0 saturated heterocycles. The topological polar surface area (TPSA) is 92.8 Å². The van der Waals surface area contributed by atoms with E-state index in [4.69, 9.17) is 10.5 Å². The van der Waals surface area contributed by atoms with Crippen LogP contribution in [0.2, 0.25) is 0 Å². The second-order valence-corrected chi connectivity index (χ2v) is 4.36. The molecule has 0 aromatic heterocycles. The van der Waals surface area contributed by atoms with Crippen LogP contribution in [-0.2, 0) is 4.79 Å². The SMILES string of the molecule is COc1cc(C)c(C(O)C(O)CC(N)=O)c(C)c1. The largest absolute Gasteiger partial charge is 0.497 e. The predicted molar refractivity (Wildman–Crippen MR) is 67.2 cm³/mol. The van der Waals surface area contributed by atoms with Crippen LogP contribution >= 0.6 is 0 Å². The van der Waals surface area contributed by atoms with Crippen LogP contribution in [0.1, 0.15) is 29.2 Å². The first-order valence-corrected chi connectivity index (χ1v) is 5.66. The summed E-state index contributed by atoms with van der Waals surface area (Å²) in [6.45, 7) is 3.62. The first-order valence-electron chi connectivity index (χ1n) is 5.66. The van der Waals surface area contributed by atoms with Gasteiger partial charge in [0, 0.05) is 0 Å². The van der Waals surface area contributed by atoms with Gasteiger partial charge in [0.05, 0.1) is 19.6 Å². The number of carbonyl (C=O) groups is 1. The van der Waals surface area contributed by atoms with E-state index < -0.39 is 18.1 Å². The molecule has 0 aliphatic carbocycles. The van der Waals surface area contributed by atoms with Crippen molar-refractivity contribution in [3.05, 3.63) is 28.8 Å². The Morgan fingerprint density at radius 3 is 2.22 bits per heavy atom. The molecule has 100 valence electrons. The van der Waals surface area contributed by atoms with Crippen LogP contribution < -0.4 is 10.5 Å². The number of rotatable bonds is 5. The van der Waals surface area contributed by atoms with Gasteiger partial charge in [0.25, 0.3) is 0 Å². The van der Waals surface area contributed by atoms with Crippen LogP contribution in [-0.4, -0.2) is 29.3 Å². The van der Waals surface area contributed by atoms with E-state index in [-0.39, 0.29) is 6.42 Å². The van der Waals surface area contributed by atoms with Crippen molar-refractivity contribution in [2.24, 2.45) is 5.73 Å². The van der Waals surface area contributed by atoms with Gasteiger partial charge >= 0.3 is 0 Å².